The van der Waals surface area contributed by atoms with Gasteiger partial charge in [-0.05, 0) is 41.3 Å². The molecule has 0 saturated heterocycles. The highest BCUT2D eigenvalue weighted by Crippen LogP contribution is 2.39. The fourth-order valence-corrected chi connectivity index (χ4v) is 4.27. The molecular formula is C25H27N3O2. The largest absolute Gasteiger partial charge is 0.381 e. The second-order valence-electron chi connectivity index (χ2n) is 8.58. The minimum absolute atomic E-state index is 0.0649. The van der Waals surface area contributed by atoms with E-state index in [4.69, 9.17) is 0 Å². The number of benzene rings is 2. The Morgan fingerprint density at radius 2 is 1.87 bits per heavy atom. The maximum absolute atomic E-state index is 12.5. The highest BCUT2D eigenvalue weighted by molar-refractivity contribution is 5.93. The molecular weight excluding hydrogens is 374 g/mol. The molecule has 0 fully saturated rings. The highest BCUT2D eigenvalue weighted by atomic mass is 16.2. The molecule has 2 aromatic carbocycles. The fraction of sp³-hybridized carbons (Fsp3) is 0.280. The van der Waals surface area contributed by atoms with Crippen molar-refractivity contribution < 1.29 is 4.79 Å². The summed E-state index contributed by atoms with van der Waals surface area (Å²) in [6, 6.07) is 20.2. The minimum Gasteiger partial charge on any atom is -0.381 e. The predicted octanol–water partition coefficient (Wildman–Crippen LogP) is 3.96. The summed E-state index contributed by atoms with van der Waals surface area (Å²) in [7, 11) is 1.74. The molecule has 0 spiro atoms. The average Bonchev–Trinajstić information content (AvgIpc) is 2.99. The van der Waals surface area contributed by atoms with Gasteiger partial charge in [-0.15, -0.1) is 0 Å². The van der Waals surface area contributed by atoms with E-state index in [0.29, 0.717) is 18.2 Å². The monoisotopic (exact) mass is 401 g/mol. The Morgan fingerprint density at radius 3 is 2.57 bits per heavy atom. The molecule has 1 aliphatic carbocycles. The van der Waals surface area contributed by atoms with Gasteiger partial charge < -0.3 is 15.2 Å². The Bertz CT molecular complexity index is 1120. The number of fused-ring (bicyclic) bond motifs is 1. The summed E-state index contributed by atoms with van der Waals surface area (Å²) >= 11 is 0. The summed E-state index contributed by atoms with van der Waals surface area (Å²) in [4.78, 5) is 28.1. The van der Waals surface area contributed by atoms with E-state index in [0.717, 1.165) is 17.7 Å². The average molecular weight is 402 g/mol. The van der Waals surface area contributed by atoms with Crippen molar-refractivity contribution in [1.29, 1.82) is 0 Å². The third-order valence-electron chi connectivity index (χ3n) is 6.09. The number of aromatic nitrogens is 1. The number of anilines is 1. The van der Waals surface area contributed by atoms with Crippen LogP contribution in [0.5, 0.6) is 0 Å². The van der Waals surface area contributed by atoms with E-state index in [2.05, 4.69) is 60.5 Å². The fourth-order valence-electron chi connectivity index (χ4n) is 4.27. The van der Waals surface area contributed by atoms with Crippen molar-refractivity contribution >= 4 is 11.6 Å². The van der Waals surface area contributed by atoms with Gasteiger partial charge in [0.05, 0.1) is 0 Å². The molecule has 0 saturated carbocycles. The van der Waals surface area contributed by atoms with Crippen LogP contribution in [-0.2, 0) is 18.4 Å². The first-order valence-electron chi connectivity index (χ1n) is 10.2. The SMILES string of the molecule is CN(Cc1ccc(NC2Cc3ccccc3C2(C)C)cc1)C(=O)c1cc[nH]c(=O)c1. The molecule has 30 heavy (non-hydrogen) atoms. The Morgan fingerprint density at radius 1 is 1.13 bits per heavy atom. The number of amides is 1. The quantitative estimate of drug-likeness (QED) is 0.680. The second kappa shape index (κ2) is 7.82. The molecule has 0 radical (unpaired) electrons. The van der Waals surface area contributed by atoms with Crippen molar-refractivity contribution in [3.63, 3.8) is 0 Å². The lowest BCUT2D eigenvalue weighted by molar-refractivity contribution is 0.0785. The van der Waals surface area contributed by atoms with Crippen LogP contribution in [0.15, 0.2) is 71.7 Å². The third kappa shape index (κ3) is 3.88. The molecule has 154 valence electrons. The Hall–Kier alpha value is -3.34. The van der Waals surface area contributed by atoms with Gasteiger partial charge in [-0.1, -0.05) is 50.2 Å². The van der Waals surface area contributed by atoms with Crippen molar-refractivity contribution in [2.24, 2.45) is 0 Å². The molecule has 2 N–H and O–H groups in total. The number of hydrogen-bond donors (Lipinski definition) is 2. The molecule has 3 aromatic rings. The number of hydrogen-bond acceptors (Lipinski definition) is 3. The molecule has 4 rings (SSSR count). The van der Waals surface area contributed by atoms with Gasteiger partial charge in [0.15, 0.2) is 0 Å². The smallest absolute Gasteiger partial charge is 0.254 e. The maximum Gasteiger partial charge on any atom is 0.254 e. The zero-order valence-electron chi connectivity index (χ0n) is 17.6. The van der Waals surface area contributed by atoms with E-state index in [1.165, 1.54) is 23.4 Å². The number of aromatic amines is 1. The first-order chi connectivity index (χ1) is 14.3. The Labute approximate surface area is 176 Å². The van der Waals surface area contributed by atoms with E-state index in [-0.39, 0.29) is 16.9 Å². The number of H-pyrrole nitrogens is 1. The van der Waals surface area contributed by atoms with E-state index in [1.54, 1.807) is 18.0 Å². The van der Waals surface area contributed by atoms with Crippen LogP contribution in [0, 0.1) is 0 Å². The number of pyridine rings is 1. The van der Waals surface area contributed by atoms with Gasteiger partial charge in [-0.3, -0.25) is 9.59 Å². The second-order valence-corrected chi connectivity index (χ2v) is 8.58. The number of rotatable bonds is 5. The van der Waals surface area contributed by atoms with Crippen LogP contribution in [-0.4, -0.2) is 28.9 Å². The standard InChI is InChI=1S/C25H27N3O2/c1-25(2)21-7-5-4-6-18(21)14-22(25)27-20-10-8-17(9-11-20)16-28(3)24(30)19-12-13-26-23(29)15-19/h4-13,15,22,27H,14,16H2,1-3H3,(H,26,29). The lowest BCUT2D eigenvalue weighted by Crippen LogP contribution is -2.36. The van der Waals surface area contributed by atoms with Crippen LogP contribution in [0.4, 0.5) is 5.69 Å². The van der Waals surface area contributed by atoms with Crippen LogP contribution in [0.2, 0.25) is 0 Å². The lowest BCUT2D eigenvalue weighted by Gasteiger charge is -2.30. The molecule has 1 atom stereocenters. The summed E-state index contributed by atoms with van der Waals surface area (Å²) < 4.78 is 0. The Kier molecular flexibility index (Phi) is 5.20. The van der Waals surface area contributed by atoms with Crippen LogP contribution in [0.3, 0.4) is 0 Å². The van der Waals surface area contributed by atoms with Gasteiger partial charge in [-0.25, -0.2) is 0 Å². The zero-order chi connectivity index (χ0) is 21.3. The molecule has 1 aromatic heterocycles. The maximum atomic E-state index is 12.5. The molecule has 0 aliphatic heterocycles. The van der Waals surface area contributed by atoms with Gasteiger partial charge in [0.25, 0.3) is 5.91 Å². The molecule has 5 nitrogen and oxygen atoms in total. The minimum atomic E-state index is -0.276. The van der Waals surface area contributed by atoms with Gasteiger partial charge in [-0.2, -0.15) is 0 Å². The zero-order valence-corrected chi connectivity index (χ0v) is 17.6. The molecule has 0 bridgehead atoms. The van der Waals surface area contributed by atoms with Crippen molar-refractivity contribution in [3.05, 3.63) is 99.5 Å². The molecule has 5 heteroatoms. The highest BCUT2D eigenvalue weighted by Gasteiger charge is 2.38. The number of carbonyl (C=O) groups is 1. The number of carbonyl (C=O) groups excluding carboxylic acids is 1. The van der Waals surface area contributed by atoms with Crippen LogP contribution < -0.4 is 10.9 Å². The van der Waals surface area contributed by atoms with Gasteiger partial charge >= 0.3 is 0 Å². The third-order valence-corrected chi connectivity index (χ3v) is 6.09. The van der Waals surface area contributed by atoms with E-state index >= 15 is 0 Å². The van der Waals surface area contributed by atoms with E-state index < -0.39 is 0 Å². The topological polar surface area (TPSA) is 65.2 Å². The Balaban J connectivity index is 1.41. The van der Waals surface area contributed by atoms with Crippen molar-refractivity contribution in [3.8, 4) is 0 Å². The predicted molar refractivity (Wildman–Crippen MR) is 120 cm³/mol. The summed E-state index contributed by atoms with van der Waals surface area (Å²) in [5.74, 6) is -0.172. The van der Waals surface area contributed by atoms with Crippen molar-refractivity contribution in [2.45, 2.75) is 38.3 Å². The van der Waals surface area contributed by atoms with Crippen LogP contribution in [0.25, 0.3) is 0 Å². The van der Waals surface area contributed by atoms with Gasteiger partial charge in [0.1, 0.15) is 0 Å². The summed E-state index contributed by atoms with van der Waals surface area (Å²) in [6.07, 6.45) is 2.51. The molecule has 1 unspecified atom stereocenters. The summed E-state index contributed by atoms with van der Waals surface area (Å²) in [5, 5.41) is 3.69. The van der Waals surface area contributed by atoms with Crippen LogP contribution >= 0.6 is 0 Å². The summed E-state index contributed by atoms with van der Waals surface area (Å²) in [5.41, 5.74) is 5.12. The molecule has 1 heterocycles. The van der Waals surface area contributed by atoms with Crippen molar-refractivity contribution in [1.82, 2.24) is 9.88 Å². The van der Waals surface area contributed by atoms with E-state index in [1.807, 2.05) is 12.1 Å². The first kappa shape index (κ1) is 20.0. The van der Waals surface area contributed by atoms with Crippen molar-refractivity contribution in [2.75, 3.05) is 12.4 Å². The van der Waals surface area contributed by atoms with Gasteiger partial charge in [0, 0.05) is 48.6 Å². The van der Waals surface area contributed by atoms with E-state index in [9.17, 15) is 9.59 Å². The lowest BCUT2D eigenvalue weighted by atomic mass is 9.83. The normalized spacial score (nSPS) is 16.7. The molecule has 1 aliphatic rings. The number of nitrogens with zero attached hydrogens (tertiary/aromatic N) is 1. The van der Waals surface area contributed by atoms with Gasteiger partial charge in [0.2, 0.25) is 5.56 Å². The molecule has 1 amide bonds. The number of nitrogens with one attached hydrogen (secondary N) is 2. The summed E-state index contributed by atoms with van der Waals surface area (Å²) in [6.45, 7) is 5.06. The first-order valence-corrected chi connectivity index (χ1v) is 10.2. The van der Waals surface area contributed by atoms with Crippen LogP contribution in [0.1, 0.15) is 40.9 Å².